The summed E-state index contributed by atoms with van der Waals surface area (Å²) in [6, 6.07) is 0. The van der Waals surface area contributed by atoms with Gasteiger partial charge in [0, 0.05) is 0 Å². The average molecular weight is 229 g/mol. The molecule has 0 aromatic carbocycles. The van der Waals surface area contributed by atoms with E-state index in [1.165, 1.54) is 0 Å². The largest absolute Gasteiger partial charge is 0.370 e. The van der Waals surface area contributed by atoms with E-state index in [2.05, 4.69) is 8.06 Å². The predicted octanol–water partition coefficient (Wildman–Crippen LogP) is -0.374. The molecular weight excluding hydrogens is 221 g/mol. The second-order valence-electron chi connectivity index (χ2n) is 1.12. The third kappa shape index (κ3) is 5.96. The molecule has 48 valence electrons. The molecule has 0 heterocycles. The van der Waals surface area contributed by atoms with E-state index in [0.717, 1.165) is 0 Å². The van der Waals surface area contributed by atoms with Crippen molar-refractivity contribution in [2.24, 2.45) is 16.5 Å². The Morgan fingerprint density at radius 1 is 1.62 bits per heavy atom. The Balaban J connectivity index is 3.03. The fourth-order valence-electron chi connectivity index (χ4n) is 0.209. The van der Waals surface area contributed by atoms with Crippen LogP contribution in [0.1, 0.15) is 0 Å². The second-order valence-corrected chi connectivity index (χ2v) is 1.74. The monoisotopic (exact) mass is 229 g/mol. The molecule has 0 atom stereocenters. The van der Waals surface area contributed by atoms with Gasteiger partial charge in [0.05, 0.1) is 13.2 Å². The summed E-state index contributed by atoms with van der Waals surface area (Å²) >= 11 is 1.78. The second kappa shape index (κ2) is 5.10. The van der Waals surface area contributed by atoms with E-state index in [-0.39, 0.29) is 5.96 Å². The molecule has 5 heteroatoms. The lowest BCUT2D eigenvalue weighted by Crippen LogP contribution is -2.23. The molecule has 8 heavy (non-hydrogen) atoms. The van der Waals surface area contributed by atoms with E-state index in [9.17, 15) is 0 Å². The summed E-state index contributed by atoms with van der Waals surface area (Å²) in [5, 5.41) is 0. The van der Waals surface area contributed by atoms with Gasteiger partial charge in [-0.15, -0.1) is 0 Å². The minimum absolute atomic E-state index is 0.110. The Kier molecular flexibility index (Phi) is 5.08. The van der Waals surface area contributed by atoms with Crippen LogP contribution in [0.3, 0.4) is 0 Å². The summed E-state index contributed by atoms with van der Waals surface area (Å²) < 4.78 is 4.64. The van der Waals surface area contributed by atoms with Gasteiger partial charge < -0.3 is 14.5 Å². The Hall–Kier alpha value is -0.0400. The molecule has 4 nitrogen and oxygen atoms in total. The van der Waals surface area contributed by atoms with Gasteiger partial charge in [0.25, 0.3) is 0 Å². The van der Waals surface area contributed by atoms with Gasteiger partial charge in [0.15, 0.2) is 5.96 Å². The summed E-state index contributed by atoms with van der Waals surface area (Å²) in [6.45, 7) is 1.09. The Morgan fingerprint density at radius 3 is 2.62 bits per heavy atom. The van der Waals surface area contributed by atoms with Crippen LogP contribution in [0.15, 0.2) is 4.99 Å². The summed E-state index contributed by atoms with van der Waals surface area (Å²) in [6.07, 6.45) is 0. The van der Waals surface area contributed by atoms with Gasteiger partial charge in [-0.1, -0.05) is 0 Å². The maximum absolute atomic E-state index is 5.00. The van der Waals surface area contributed by atoms with Crippen LogP contribution in [0.5, 0.6) is 0 Å². The van der Waals surface area contributed by atoms with Crippen molar-refractivity contribution in [3.05, 3.63) is 0 Å². The van der Waals surface area contributed by atoms with Crippen molar-refractivity contribution in [3.8, 4) is 0 Å². The van der Waals surface area contributed by atoms with Crippen molar-refractivity contribution in [1.82, 2.24) is 0 Å². The topological polar surface area (TPSA) is 73.6 Å². The fraction of sp³-hybridized carbons (Fsp3) is 0.667. The minimum atomic E-state index is 0.110. The standard InChI is InChI=1S/C3H8IN3O/c4-8-2-1-7-3(5)6/h1-2H2,(H4,5,6,7). The molecule has 0 spiro atoms. The van der Waals surface area contributed by atoms with E-state index < -0.39 is 0 Å². The molecule has 0 aliphatic carbocycles. The van der Waals surface area contributed by atoms with Crippen LogP contribution in [0.4, 0.5) is 0 Å². The third-order valence-corrected chi connectivity index (χ3v) is 0.903. The lowest BCUT2D eigenvalue weighted by molar-refractivity contribution is 0.440. The quantitative estimate of drug-likeness (QED) is 0.300. The van der Waals surface area contributed by atoms with Crippen LogP contribution in [0.2, 0.25) is 0 Å². The van der Waals surface area contributed by atoms with Gasteiger partial charge in [0.2, 0.25) is 0 Å². The molecule has 0 unspecified atom stereocenters. The number of halogens is 1. The Labute approximate surface area is 62.0 Å². The first-order valence-corrected chi connectivity index (χ1v) is 2.94. The smallest absolute Gasteiger partial charge is 0.185 e. The third-order valence-electron chi connectivity index (χ3n) is 0.463. The molecular formula is C3H8IN3O. The number of rotatable bonds is 3. The highest BCUT2D eigenvalue weighted by Gasteiger charge is 1.79. The molecule has 0 saturated heterocycles. The van der Waals surface area contributed by atoms with Crippen LogP contribution in [0.25, 0.3) is 0 Å². The predicted molar refractivity (Wildman–Crippen MR) is 40.6 cm³/mol. The number of hydrogen-bond acceptors (Lipinski definition) is 2. The molecule has 0 fully saturated rings. The number of nitrogens with zero attached hydrogens (tertiary/aromatic N) is 1. The van der Waals surface area contributed by atoms with Crippen molar-refractivity contribution < 1.29 is 3.07 Å². The number of nitrogens with two attached hydrogens (primary N) is 2. The van der Waals surface area contributed by atoms with Crippen LogP contribution in [-0.4, -0.2) is 19.1 Å². The molecule has 0 bridgehead atoms. The molecule has 0 radical (unpaired) electrons. The van der Waals surface area contributed by atoms with Crippen LogP contribution in [-0.2, 0) is 3.07 Å². The first-order valence-electron chi connectivity index (χ1n) is 2.06. The number of aliphatic imine (C=N–C) groups is 1. The molecule has 0 aromatic rings. The van der Waals surface area contributed by atoms with Crippen molar-refractivity contribution in [2.75, 3.05) is 13.2 Å². The molecule has 0 rings (SSSR count). The van der Waals surface area contributed by atoms with Gasteiger partial charge in [0.1, 0.15) is 23.0 Å². The van der Waals surface area contributed by atoms with Gasteiger partial charge in [-0.25, -0.2) is 0 Å². The van der Waals surface area contributed by atoms with Gasteiger partial charge in [-0.3, -0.25) is 4.99 Å². The molecule has 4 N–H and O–H groups in total. The number of hydrogen-bond donors (Lipinski definition) is 2. The van der Waals surface area contributed by atoms with Crippen LogP contribution in [0, 0.1) is 0 Å². The lowest BCUT2D eigenvalue weighted by Gasteiger charge is -1.89. The summed E-state index contributed by atoms with van der Waals surface area (Å²) in [4.78, 5) is 3.66. The van der Waals surface area contributed by atoms with E-state index in [1.54, 1.807) is 23.0 Å². The maximum Gasteiger partial charge on any atom is 0.185 e. The normalized spacial score (nSPS) is 8.62. The van der Waals surface area contributed by atoms with Gasteiger partial charge >= 0.3 is 0 Å². The highest BCUT2D eigenvalue weighted by Crippen LogP contribution is 1.82. The van der Waals surface area contributed by atoms with Crippen molar-refractivity contribution in [3.63, 3.8) is 0 Å². The van der Waals surface area contributed by atoms with Crippen molar-refractivity contribution in [1.29, 1.82) is 0 Å². The number of guanidine groups is 1. The molecule has 0 aromatic heterocycles. The van der Waals surface area contributed by atoms with E-state index in [1.807, 2.05) is 0 Å². The summed E-state index contributed by atoms with van der Waals surface area (Å²) in [5.74, 6) is 0.110. The van der Waals surface area contributed by atoms with Crippen molar-refractivity contribution in [2.45, 2.75) is 0 Å². The van der Waals surface area contributed by atoms with Gasteiger partial charge in [-0.05, 0) is 0 Å². The Bertz CT molecular complexity index is 80.6. The summed E-state index contributed by atoms with van der Waals surface area (Å²) in [5.41, 5.74) is 10.0. The first kappa shape index (κ1) is 7.96. The fourth-order valence-corrected chi connectivity index (χ4v) is 0.406. The average Bonchev–Trinajstić information content (AvgIpc) is 1.66. The van der Waals surface area contributed by atoms with Crippen LogP contribution >= 0.6 is 23.0 Å². The zero-order valence-electron chi connectivity index (χ0n) is 4.30. The summed E-state index contributed by atoms with van der Waals surface area (Å²) in [7, 11) is 0. The first-order chi connectivity index (χ1) is 3.77. The Morgan fingerprint density at radius 2 is 2.25 bits per heavy atom. The highest BCUT2D eigenvalue weighted by atomic mass is 127. The zero-order chi connectivity index (χ0) is 6.41. The van der Waals surface area contributed by atoms with Crippen LogP contribution < -0.4 is 11.5 Å². The van der Waals surface area contributed by atoms with Gasteiger partial charge in [-0.2, -0.15) is 0 Å². The van der Waals surface area contributed by atoms with E-state index >= 15 is 0 Å². The lowest BCUT2D eigenvalue weighted by atomic mass is 10.7. The SMILES string of the molecule is NC(N)=NCCOI. The minimum Gasteiger partial charge on any atom is -0.370 e. The molecule has 0 aliphatic rings. The zero-order valence-corrected chi connectivity index (χ0v) is 6.46. The molecule has 0 amide bonds. The van der Waals surface area contributed by atoms with Crippen molar-refractivity contribution >= 4 is 29.0 Å². The molecule has 0 saturated carbocycles. The van der Waals surface area contributed by atoms with E-state index in [0.29, 0.717) is 13.2 Å². The van der Waals surface area contributed by atoms with E-state index in [4.69, 9.17) is 11.5 Å². The maximum atomic E-state index is 5.00. The highest BCUT2D eigenvalue weighted by molar-refractivity contribution is 14.1. The molecule has 0 aliphatic heterocycles.